The van der Waals surface area contributed by atoms with Crippen molar-refractivity contribution < 1.29 is 22.7 Å². The predicted octanol–water partition coefficient (Wildman–Crippen LogP) is 4.47. The number of hydrogen-bond donors (Lipinski definition) is 0. The number of carbonyl (C=O) groups is 1. The summed E-state index contributed by atoms with van der Waals surface area (Å²) in [7, 11) is -3.49. The Balaban J connectivity index is 1.76. The molecule has 1 aromatic heterocycles. The van der Waals surface area contributed by atoms with E-state index in [4.69, 9.17) is 21.1 Å². The van der Waals surface area contributed by atoms with E-state index >= 15 is 0 Å². The molecule has 1 heterocycles. The Kier molecular flexibility index (Phi) is 9.08. The van der Waals surface area contributed by atoms with Crippen molar-refractivity contribution >= 4 is 48.9 Å². The standard InChI is InChI=1S/C23H27ClN2O5S2/c1-3-30-14-13-26-20-12-9-18(31-4-2)16-21(20)32-23(26)25-22(27)6-5-15-33(28,29)19-10-7-17(24)8-11-19/h7-12,16H,3-6,13-15H2,1-2H3. The molecule has 178 valence electrons. The smallest absolute Gasteiger partial charge is 0.248 e. The molecule has 0 aliphatic carbocycles. The largest absolute Gasteiger partial charge is 0.494 e. The summed E-state index contributed by atoms with van der Waals surface area (Å²) in [5.74, 6) is 0.265. The first-order chi connectivity index (χ1) is 15.8. The molecule has 0 unspecified atom stereocenters. The van der Waals surface area contributed by atoms with Crippen LogP contribution >= 0.6 is 22.9 Å². The Morgan fingerprint density at radius 3 is 2.58 bits per heavy atom. The number of ether oxygens (including phenoxy) is 2. The maximum absolute atomic E-state index is 12.6. The van der Waals surface area contributed by atoms with Gasteiger partial charge in [-0.25, -0.2) is 8.42 Å². The molecule has 0 N–H and O–H groups in total. The molecule has 3 aromatic rings. The third-order valence-corrected chi connectivity index (χ3v) is 7.94. The van der Waals surface area contributed by atoms with E-state index in [0.717, 1.165) is 16.0 Å². The molecule has 0 bridgehead atoms. The summed E-state index contributed by atoms with van der Waals surface area (Å²) in [4.78, 5) is 17.6. The van der Waals surface area contributed by atoms with E-state index in [2.05, 4.69) is 4.99 Å². The maximum Gasteiger partial charge on any atom is 0.248 e. The van der Waals surface area contributed by atoms with Crippen LogP contribution in [-0.2, 0) is 25.9 Å². The zero-order valence-electron chi connectivity index (χ0n) is 18.6. The molecular formula is C23H27ClN2O5S2. The van der Waals surface area contributed by atoms with Crippen LogP contribution in [0.1, 0.15) is 26.7 Å². The second-order valence-corrected chi connectivity index (χ2v) is 10.7. The second kappa shape index (κ2) is 11.8. The van der Waals surface area contributed by atoms with E-state index in [1.54, 1.807) is 0 Å². The molecule has 0 saturated heterocycles. The van der Waals surface area contributed by atoms with Gasteiger partial charge < -0.3 is 14.0 Å². The minimum absolute atomic E-state index is 0.0384. The van der Waals surface area contributed by atoms with Crippen molar-refractivity contribution in [3.63, 3.8) is 0 Å². The molecule has 0 aliphatic rings. The molecule has 33 heavy (non-hydrogen) atoms. The number of thiazole rings is 1. The zero-order valence-corrected chi connectivity index (χ0v) is 21.0. The number of aromatic nitrogens is 1. The molecule has 7 nitrogen and oxygen atoms in total. The van der Waals surface area contributed by atoms with Crippen LogP contribution in [0.2, 0.25) is 5.02 Å². The Hall–Kier alpha value is -2.20. The van der Waals surface area contributed by atoms with E-state index in [-0.39, 0.29) is 29.4 Å². The van der Waals surface area contributed by atoms with Crippen LogP contribution in [0.15, 0.2) is 52.4 Å². The maximum atomic E-state index is 12.6. The Bertz CT molecular complexity index is 1260. The lowest BCUT2D eigenvalue weighted by atomic mass is 10.3. The van der Waals surface area contributed by atoms with Crippen LogP contribution in [0, 0.1) is 0 Å². The zero-order chi connectivity index (χ0) is 23.8. The summed E-state index contributed by atoms with van der Waals surface area (Å²) < 4.78 is 38.9. The van der Waals surface area contributed by atoms with E-state index in [9.17, 15) is 13.2 Å². The van der Waals surface area contributed by atoms with Gasteiger partial charge in [-0.15, -0.1) is 0 Å². The number of nitrogens with zero attached hydrogens (tertiary/aromatic N) is 2. The van der Waals surface area contributed by atoms with Crippen molar-refractivity contribution in [2.45, 2.75) is 38.1 Å². The van der Waals surface area contributed by atoms with Crippen LogP contribution in [0.4, 0.5) is 0 Å². The third kappa shape index (κ3) is 6.89. The van der Waals surface area contributed by atoms with Gasteiger partial charge in [-0.2, -0.15) is 4.99 Å². The molecule has 10 heteroatoms. The molecule has 0 atom stereocenters. The number of amides is 1. The average molecular weight is 511 g/mol. The van der Waals surface area contributed by atoms with Gasteiger partial charge in [0.2, 0.25) is 5.91 Å². The number of fused-ring (bicyclic) bond motifs is 1. The van der Waals surface area contributed by atoms with Gasteiger partial charge in [0.15, 0.2) is 14.6 Å². The van der Waals surface area contributed by atoms with E-state index in [1.165, 1.54) is 35.6 Å². The van der Waals surface area contributed by atoms with Gasteiger partial charge in [0.25, 0.3) is 0 Å². The van der Waals surface area contributed by atoms with Crippen LogP contribution in [0.25, 0.3) is 10.2 Å². The van der Waals surface area contributed by atoms with E-state index in [1.807, 2.05) is 36.6 Å². The van der Waals surface area contributed by atoms with Gasteiger partial charge in [0.1, 0.15) is 5.75 Å². The van der Waals surface area contributed by atoms with Crippen LogP contribution in [0.3, 0.4) is 0 Å². The number of benzene rings is 2. The third-order valence-electron chi connectivity index (χ3n) is 4.83. The molecule has 3 rings (SSSR count). The Labute approximate surface area is 202 Å². The van der Waals surface area contributed by atoms with E-state index < -0.39 is 9.84 Å². The number of carbonyl (C=O) groups excluding carboxylic acids is 1. The summed E-state index contributed by atoms with van der Waals surface area (Å²) in [5.41, 5.74) is 0.944. The fourth-order valence-electron chi connectivity index (χ4n) is 3.25. The van der Waals surface area contributed by atoms with Crippen molar-refractivity contribution in [1.82, 2.24) is 4.57 Å². The highest BCUT2D eigenvalue weighted by Crippen LogP contribution is 2.23. The van der Waals surface area contributed by atoms with Crippen LogP contribution < -0.4 is 9.54 Å². The lowest BCUT2D eigenvalue weighted by Gasteiger charge is -2.06. The van der Waals surface area contributed by atoms with Gasteiger partial charge >= 0.3 is 0 Å². The second-order valence-electron chi connectivity index (χ2n) is 7.18. The summed E-state index contributed by atoms with van der Waals surface area (Å²) in [6, 6.07) is 11.8. The van der Waals surface area contributed by atoms with Crippen molar-refractivity contribution in [2.75, 3.05) is 25.6 Å². The lowest BCUT2D eigenvalue weighted by Crippen LogP contribution is -2.20. The first kappa shape index (κ1) is 25.4. The lowest BCUT2D eigenvalue weighted by molar-refractivity contribution is -0.118. The number of halogens is 1. The van der Waals surface area contributed by atoms with E-state index in [0.29, 0.717) is 36.2 Å². The van der Waals surface area contributed by atoms with Gasteiger partial charge in [0.05, 0.1) is 34.1 Å². The molecule has 0 aliphatic heterocycles. The highest BCUT2D eigenvalue weighted by atomic mass is 35.5. The van der Waals surface area contributed by atoms with Crippen molar-refractivity contribution in [1.29, 1.82) is 0 Å². The minimum atomic E-state index is -3.49. The topological polar surface area (TPSA) is 87.0 Å². The number of sulfone groups is 1. The van der Waals surface area contributed by atoms with Crippen LogP contribution in [0.5, 0.6) is 5.75 Å². The minimum Gasteiger partial charge on any atom is -0.494 e. The molecule has 1 amide bonds. The highest BCUT2D eigenvalue weighted by Gasteiger charge is 2.15. The fourth-order valence-corrected chi connectivity index (χ4v) is 5.79. The Morgan fingerprint density at radius 1 is 1.12 bits per heavy atom. The first-order valence-corrected chi connectivity index (χ1v) is 13.6. The molecule has 0 saturated carbocycles. The molecular weight excluding hydrogens is 484 g/mol. The van der Waals surface area contributed by atoms with Gasteiger partial charge in [-0.3, -0.25) is 4.79 Å². The predicted molar refractivity (Wildman–Crippen MR) is 131 cm³/mol. The first-order valence-electron chi connectivity index (χ1n) is 10.7. The summed E-state index contributed by atoms with van der Waals surface area (Å²) >= 11 is 7.22. The normalized spacial score (nSPS) is 12.4. The van der Waals surface area contributed by atoms with Crippen LogP contribution in [-0.4, -0.2) is 44.5 Å². The van der Waals surface area contributed by atoms with Gasteiger partial charge in [0, 0.05) is 24.6 Å². The fraction of sp³-hybridized carbons (Fsp3) is 0.391. The molecule has 0 fully saturated rings. The number of hydrogen-bond acceptors (Lipinski definition) is 6. The number of rotatable bonds is 11. The van der Waals surface area contributed by atoms with Gasteiger partial charge in [-0.05, 0) is 62.7 Å². The Morgan fingerprint density at radius 2 is 1.88 bits per heavy atom. The highest BCUT2D eigenvalue weighted by molar-refractivity contribution is 7.91. The molecule has 2 aromatic carbocycles. The van der Waals surface area contributed by atoms with Crippen molar-refractivity contribution in [2.24, 2.45) is 4.99 Å². The summed E-state index contributed by atoms with van der Waals surface area (Å²) in [6.07, 6.45) is 0.225. The monoisotopic (exact) mass is 510 g/mol. The average Bonchev–Trinajstić information content (AvgIpc) is 3.10. The van der Waals surface area contributed by atoms with Crippen molar-refractivity contribution in [3.8, 4) is 5.75 Å². The molecule has 0 radical (unpaired) electrons. The summed E-state index contributed by atoms with van der Waals surface area (Å²) in [6.45, 7) is 6.07. The van der Waals surface area contributed by atoms with Crippen molar-refractivity contribution in [3.05, 3.63) is 52.3 Å². The quantitative estimate of drug-likeness (QED) is 0.355. The molecule has 0 spiro atoms. The van der Waals surface area contributed by atoms with Gasteiger partial charge in [-0.1, -0.05) is 22.9 Å². The summed E-state index contributed by atoms with van der Waals surface area (Å²) in [5, 5.41) is 0.470. The SMILES string of the molecule is CCOCCn1c(=NC(=O)CCCS(=O)(=O)c2ccc(Cl)cc2)sc2cc(OCC)ccc21.